The second kappa shape index (κ2) is 9.56. The maximum Gasteiger partial charge on any atom is 0.410 e. The van der Waals surface area contributed by atoms with E-state index in [1.165, 1.54) is 0 Å². The third kappa shape index (κ3) is 6.43. The monoisotopic (exact) mass is 451 g/mol. The maximum atomic E-state index is 13.0. The molecule has 0 bridgehead atoms. The van der Waals surface area contributed by atoms with Gasteiger partial charge in [0.05, 0.1) is 10.8 Å². The molecule has 8 nitrogen and oxygen atoms in total. The van der Waals surface area contributed by atoms with Crippen LogP contribution >= 0.6 is 0 Å². The number of hydrogen-bond acceptors (Lipinski definition) is 5. The zero-order chi connectivity index (χ0) is 22.6. The summed E-state index contributed by atoms with van der Waals surface area (Å²) in [6.45, 7) is 7.46. The molecule has 1 aromatic rings. The van der Waals surface area contributed by atoms with Crippen molar-refractivity contribution in [3.63, 3.8) is 0 Å². The number of nitrogens with one attached hydrogen (secondary N) is 1. The first-order valence-corrected chi connectivity index (χ1v) is 12.4. The van der Waals surface area contributed by atoms with Crippen molar-refractivity contribution < 1.29 is 22.7 Å². The molecule has 2 fully saturated rings. The molecular formula is C22H33N3O5S. The molecule has 31 heavy (non-hydrogen) atoms. The molecule has 2 heterocycles. The Kier molecular flexibility index (Phi) is 7.26. The topological polar surface area (TPSA) is 96.0 Å². The Labute approximate surface area is 185 Å². The Hall–Kier alpha value is -2.13. The van der Waals surface area contributed by atoms with Gasteiger partial charge in [-0.05, 0) is 58.6 Å². The quantitative estimate of drug-likeness (QED) is 0.759. The molecule has 0 spiro atoms. The fourth-order valence-electron chi connectivity index (χ4n) is 4.03. The van der Waals surface area contributed by atoms with E-state index in [9.17, 15) is 18.0 Å². The molecular weight excluding hydrogens is 418 g/mol. The number of hydrogen-bond donors (Lipinski definition) is 1. The van der Waals surface area contributed by atoms with Crippen LogP contribution in [0.4, 0.5) is 4.79 Å². The molecule has 1 N–H and O–H groups in total. The minimum Gasteiger partial charge on any atom is -0.444 e. The Morgan fingerprint density at radius 2 is 1.65 bits per heavy atom. The average molecular weight is 452 g/mol. The lowest BCUT2D eigenvalue weighted by Gasteiger charge is -2.38. The summed E-state index contributed by atoms with van der Waals surface area (Å²) in [6.07, 6.45) is 2.28. The van der Waals surface area contributed by atoms with Crippen molar-refractivity contribution in [2.75, 3.05) is 26.2 Å². The van der Waals surface area contributed by atoms with E-state index < -0.39 is 15.6 Å². The van der Waals surface area contributed by atoms with Crippen molar-refractivity contribution in [2.24, 2.45) is 5.92 Å². The molecule has 2 amide bonds. The van der Waals surface area contributed by atoms with Crippen LogP contribution in [0.1, 0.15) is 46.5 Å². The highest BCUT2D eigenvalue weighted by atomic mass is 32.2. The van der Waals surface area contributed by atoms with E-state index in [1.54, 1.807) is 40.1 Å². The number of likely N-dealkylation sites (tertiary alicyclic amines) is 2. The molecule has 9 heteroatoms. The summed E-state index contributed by atoms with van der Waals surface area (Å²) >= 11 is 0. The number of benzene rings is 1. The molecule has 0 aromatic heterocycles. The number of rotatable bonds is 4. The summed E-state index contributed by atoms with van der Waals surface area (Å²) in [5.41, 5.74) is -0.566. The van der Waals surface area contributed by atoms with Gasteiger partial charge in [-0.2, -0.15) is 0 Å². The van der Waals surface area contributed by atoms with Gasteiger partial charge >= 0.3 is 6.09 Å². The average Bonchev–Trinajstić information content (AvgIpc) is 2.73. The Morgan fingerprint density at radius 3 is 2.26 bits per heavy atom. The van der Waals surface area contributed by atoms with Crippen molar-refractivity contribution in [1.82, 2.24) is 14.5 Å². The van der Waals surface area contributed by atoms with E-state index in [-0.39, 0.29) is 28.9 Å². The van der Waals surface area contributed by atoms with Crippen LogP contribution in [0.5, 0.6) is 0 Å². The highest BCUT2D eigenvalue weighted by Crippen LogP contribution is 2.23. The number of ether oxygens (including phenoxy) is 1. The predicted molar refractivity (Wildman–Crippen MR) is 117 cm³/mol. The molecule has 0 saturated carbocycles. The number of nitrogens with zero attached hydrogens (tertiary/aromatic N) is 2. The van der Waals surface area contributed by atoms with Gasteiger partial charge in [0.25, 0.3) is 0 Å². The third-order valence-electron chi connectivity index (χ3n) is 5.60. The van der Waals surface area contributed by atoms with Gasteiger partial charge in [0.1, 0.15) is 5.60 Å². The molecule has 3 rings (SSSR count). The van der Waals surface area contributed by atoms with Gasteiger partial charge in [-0.15, -0.1) is 0 Å². The first kappa shape index (κ1) is 23.5. The van der Waals surface area contributed by atoms with Crippen molar-refractivity contribution in [2.45, 2.75) is 63.0 Å². The molecule has 0 aliphatic carbocycles. The van der Waals surface area contributed by atoms with E-state index >= 15 is 0 Å². The lowest BCUT2D eigenvalue weighted by Crippen LogP contribution is -2.51. The minimum absolute atomic E-state index is 0.0395. The summed E-state index contributed by atoms with van der Waals surface area (Å²) in [6, 6.07) is 8.11. The highest BCUT2D eigenvalue weighted by molar-refractivity contribution is 7.89. The van der Waals surface area contributed by atoms with Crippen LogP contribution in [0.3, 0.4) is 0 Å². The van der Waals surface area contributed by atoms with Crippen LogP contribution < -0.4 is 4.72 Å². The molecule has 1 atom stereocenters. The van der Waals surface area contributed by atoms with E-state index in [0.717, 1.165) is 12.8 Å². The summed E-state index contributed by atoms with van der Waals surface area (Å²) in [5.74, 6) is -0.198. The van der Waals surface area contributed by atoms with Crippen LogP contribution in [0.15, 0.2) is 35.2 Å². The molecule has 1 unspecified atom stereocenters. The smallest absolute Gasteiger partial charge is 0.410 e. The van der Waals surface area contributed by atoms with E-state index in [1.807, 2.05) is 20.8 Å². The van der Waals surface area contributed by atoms with Crippen LogP contribution in [-0.2, 0) is 19.6 Å². The largest absolute Gasteiger partial charge is 0.444 e. The van der Waals surface area contributed by atoms with Gasteiger partial charge in [-0.25, -0.2) is 17.9 Å². The van der Waals surface area contributed by atoms with E-state index in [4.69, 9.17) is 4.74 Å². The summed E-state index contributed by atoms with van der Waals surface area (Å²) in [5, 5.41) is 0. The molecule has 2 saturated heterocycles. The normalized spacial score (nSPS) is 21.1. The molecule has 0 radical (unpaired) electrons. The molecule has 2 aliphatic rings. The van der Waals surface area contributed by atoms with Crippen molar-refractivity contribution in [3.8, 4) is 0 Å². The number of sulfonamides is 1. The number of carbonyl (C=O) groups excluding carboxylic acids is 2. The Morgan fingerprint density at radius 1 is 1.00 bits per heavy atom. The fourth-order valence-corrected chi connectivity index (χ4v) is 5.36. The SMILES string of the molecule is CC(C)(C)OC(=O)N1CCCC(C(=O)N2CCC(NS(=O)(=O)c3ccccc3)CC2)C1. The van der Waals surface area contributed by atoms with Gasteiger partial charge in [0.2, 0.25) is 15.9 Å². The zero-order valence-corrected chi connectivity index (χ0v) is 19.4. The second-order valence-electron chi connectivity index (χ2n) is 9.30. The second-order valence-corrected chi connectivity index (χ2v) is 11.0. The first-order chi connectivity index (χ1) is 14.5. The molecule has 2 aliphatic heterocycles. The highest BCUT2D eigenvalue weighted by Gasteiger charge is 2.35. The summed E-state index contributed by atoms with van der Waals surface area (Å²) in [7, 11) is -3.56. The minimum atomic E-state index is -3.56. The van der Waals surface area contributed by atoms with E-state index in [0.29, 0.717) is 39.0 Å². The summed E-state index contributed by atoms with van der Waals surface area (Å²) in [4.78, 5) is 29.1. The summed E-state index contributed by atoms with van der Waals surface area (Å²) < 4.78 is 33.2. The van der Waals surface area contributed by atoms with Gasteiger partial charge < -0.3 is 14.5 Å². The van der Waals surface area contributed by atoms with Gasteiger partial charge in [0, 0.05) is 32.2 Å². The standard InChI is InChI=1S/C22H33N3O5S/c1-22(2,3)30-21(27)25-13-7-8-17(16-25)20(26)24-14-11-18(12-15-24)23-31(28,29)19-9-5-4-6-10-19/h4-6,9-10,17-18,23H,7-8,11-16H2,1-3H3. The lowest BCUT2D eigenvalue weighted by molar-refractivity contribution is -0.138. The Balaban J connectivity index is 1.51. The third-order valence-corrected chi connectivity index (χ3v) is 7.14. The van der Waals surface area contributed by atoms with Crippen molar-refractivity contribution in [1.29, 1.82) is 0 Å². The van der Waals surface area contributed by atoms with E-state index in [2.05, 4.69) is 4.72 Å². The van der Waals surface area contributed by atoms with Crippen LogP contribution in [0, 0.1) is 5.92 Å². The van der Waals surface area contributed by atoms with Crippen LogP contribution in [0.2, 0.25) is 0 Å². The predicted octanol–water partition coefficient (Wildman–Crippen LogP) is 2.60. The maximum absolute atomic E-state index is 13.0. The number of piperidine rings is 2. The molecule has 1 aromatic carbocycles. The van der Waals surface area contributed by atoms with Gasteiger partial charge in [-0.1, -0.05) is 18.2 Å². The van der Waals surface area contributed by atoms with Crippen molar-refractivity contribution >= 4 is 22.0 Å². The van der Waals surface area contributed by atoms with Gasteiger partial charge in [-0.3, -0.25) is 4.79 Å². The number of carbonyl (C=O) groups is 2. The fraction of sp³-hybridized carbons (Fsp3) is 0.636. The van der Waals surface area contributed by atoms with Crippen molar-refractivity contribution in [3.05, 3.63) is 30.3 Å². The molecule has 172 valence electrons. The number of amides is 2. The van der Waals surface area contributed by atoms with Crippen LogP contribution in [0.25, 0.3) is 0 Å². The lowest BCUT2D eigenvalue weighted by atomic mass is 9.95. The zero-order valence-electron chi connectivity index (χ0n) is 18.5. The first-order valence-electron chi connectivity index (χ1n) is 10.9. The Bertz CT molecular complexity index is 874. The van der Waals surface area contributed by atoms with Crippen LogP contribution in [-0.4, -0.2) is 68.0 Å². The van der Waals surface area contributed by atoms with Gasteiger partial charge in [0.15, 0.2) is 0 Å².